The lowest BCUT2D eigenvalue weighted by Crippen LogP contribution is -1.95. The monoisotopic (exact) mass is 312 g/mol. The van der Waals surface area contributed by atoms with Crippen LogP contribution < -0.4 is 0 Å². The molecule has 0 nitrogen and oxygen atoms in total. The van der Waals surface area contributed by atoms with Crippen molar-refractivity contribution in [1.29, 1.82) is 0 Å². The highest BCUT2D eigenvalue weighted by Crippen LogP contribution is 2.33. The third-order valence-corrected chi connectivity index (χ3v) is 6.61. The van der Waals surface area contributed by atoms with Crippen molar-refractivity contribution in [3.63, 3.8) is 0 Å². The van der Waals surface area contributed by atoms with Gasteiger partial charge in [0, 0.05) is 23.0 Å². The predicted octanol–water partition coefficient (Wildman–Crippen LogP) is 5.36. The molecule has 0 unspecified atom stereocenters. The van der Waals surface area contributed by atoms with E-state index in [2.05, 4.69) is 59.9 Å². The van der Waals surface area contributed by atoms with E-state index < -0.39 is 0 Å². The van der Waals surface area contributed by atoms with Crippen molar-refractivity contribution < 1.29 is 0 Å². The molecule has 1 aliphatic heterocycles. The van der Waals surface area contributed by atoms with Gasteiger partial charge in [0.1, 0.15) is 0 Å². The Hall–Kier alpha value is -0.860. The number of benzene rings is 2. The van der Waals surface area contributed by atoms with Crippen molar-refractivity contribution in [3.05, 3.63) is 69.8 Å². The van der Waals surface area contributed by atoms with E-state index in [1.807, 2.05) is 0 Å². The molecule has 0 atom stereocenters. The van der Waals surface area contributed by atoms with E-state index in [0.29, 0.717) is 0 Å². The third-order valence-electron chi connectivity index (χ3n) is 4.53. The van der Waals surface area contributed by atoms with Gasteiger partial charge in [-0.05, 0) is 52.6 Å². The normalized spacial score (nSPS) is 17.7. The first-order chi connectivity index (χ1) is 10.4. The van der Waals surface area contributed by atoms with Crippen LogP contribution in [0.15, 0.2) is 36.4 Å². The first kappa shape index (κ1) is 13.8. The summed E-state index contributed by atoms with van der Waals surface area (Å²) in [6, 6.07) is 13.9. The highest BCUT2D eigenvalue weighted by molar-refractivity contribution is 7.98. The molecule has 0 aromatic heterocycles. The number of aryl methyl sites for hydroxylation is 1. The van der Waals surface area contributed by atoms with Crippen LogP contribution in [0.5, 0.6) is 0 Å². The number of fused-ring (bicyclic) bond motifs is 5. The summed E-state index contributed by atoms with van der Waals surface area (Å²) in [5, 5.41) is 0. The number of rotatable bonds is 0. The topological polar surface area (TPSA) is 0 Å². The maximum atomic E-state index is 2.49. The Morgan fingerprint density at radius 2 is 1.33 bits per heavy atom. The van der Waals surface area contributed by atoms with E-state index >= 15 is 0 Å². The Bertz CT molecular complexity index is 661. The second-order valence-corrected chi connectivity index (χ2v) is 7.97. The lowest BCUT2D eigenvalue weighted by molar-refractivity contribution is 0.909. The fourth-order valence-corrected chi connectivity index (χ4v) is 5.56. The minimum atomic E-state index is 1.14. The number of hydrogen-bond acceptors (Lipinski definition) is 2. The number of thioether (sulfide) groups is 2. The van der Waals surface area contributed by atoms with Crippen molar-refractivity contribution in [3.8, 4) is 0 Å². The van der Waals surface area contributed by atoms with Crippen LogP contribution in [-0.4, -0.2) is 0 Å². The first-order valence-electron chi connectivity index (χ1n) is 7.76. The van der Waals surface area contributed by atoms with Gasteiger partial charge < -0.3 is 0 Å². The van der Waals surface area contributed by atoms with Gasteiger partial charge in [-0.15, -0.1) is 0 Å². The van der Waals surface area contributed by atoms with Gasteiger partial charge in [0.15, 0.2) is 0 Å². The SMILES string of the molecule is c1ccc2c(c1)CSCc1cc3c(c(c1)CSC2)CCC3. The second-order valence-electron chi connectivity index (χ2n) is 6.00. The van der Waals surface area contributed by atoms with E-state index in [1.165, 1.54) is 41.7 Å². The Morgan fingerprint density at radius 3 is 2.14 bits per heavy atom. The van der Waals surface area contributed by atoms with Crippen molar-refractivity contribution >= 4 is 23.5 Å². The van der Waals surface area contributed by atoms with E-state index in [1.54, 1.807) is 16.7 Å². The van der Waals surface area contributed by atoms with Crippen molar-refractivity contribution in [2.75, 3.05) is 0 Å². The smallest absolute Gasteiger partial charge is 0.0190 e. The zero-order valence-electron chi connectivity index (χ0n) is 12.2. The molecule has 2 bridgehead atoms. The van der Waals surface area contributed by atoms with Crippen molar-refractivity contribution in [2.24, 2.45) is 0 Å². The first-order valence-corrected chi connectivity index (χ1v) is 10.1. The third kappa shape index (κ3) is 2.89. The molecule has 2 aromatic carbocycles. The minimum absolute atomic E-state index is 1.14. The molecule has 2 aliphatic rings. The molecule has 0 spiro atoms. The second kappa shape index (κ2) is 6.10. The average molecular weight is 313 g/mol. The summed E-state index contributed by atoms with van der Waals surface area (Å²) in [6.07, 6.45) is 3.95. The Labute approximate surface area is 135 Å². The van der Waals surface area contributed by atoms with E-state index in [9.17, 15) is 0 Å². The zero-order chi connectivity index (χ0) is 14.1. The van der Waals surface area contributed by atoms with Crippen LogP contribution in [0.25, 0.3) is 0 Å². The maximum Gasteiger partial charge on any atom is 0.0190 e. The molecule has 108 valence electrons. The zero-order valence-corrected chi connectivity index (χ0v) is 13.9. The summed E-state index contributed by atoms with van der Waals surface area (Å²) in [5.41, 5.74) is 9.52. The van der Waals surface area contributed by atoms with Gasteiger partial charge in [-0.3, -0.25) is 0 Å². The molecule has 2 aromatic rings. The molecule has 0 fully saturated rings. The van der Waals surface area contributed by atoms with Crippen molar-refractivity contribution in [1.82, 2.24) is 0 Å². The fraction of sp³-hybridized carbons (Fsp3) is 0.368. The predicted molar refractivity (Wildman–Crippen MR) is 94.9 cm³/mol. The maximum absolute atomic E-state index is 2.49. The molecule has 1 aliphatic carbocycles. The summed E-state index contributed by atoms with van der Waals surface area (Å²) in [6.45, 7) is 0. The average Bonchev–Trinajstić information content (AvgIpc) is 2.95. The summed E-state index contributed by atoms with van der Waals surface area (Å²) in [4.78, 5) is 0. The summed E-state index contributed by atoms with van der Waals surface area (Å²) >= 11 is 4.14. The molecule has 0 saturated carbocycles. The minimum Gasteiger partial charge on any atom is -0.152 e. The largest absolute Gasteiger partial charge is 0.152 e. The van der Waals surface area contributed by atoms with Crippen LogP contribution in [0.2, 0.25) is 0 Å². The standard InChI is InChI=1S/C19H20S2/c1-2-5-17-12-21-13-18-9-14(10-20-11-16(17)4-1)8-15-6-3-7-19(15)18/h1-2,4-5,8-9H,3,6-7,10-13H2. The quantitative estimate of drug-likeness (QED) is 0.642. The molecule has 21 heavy (non-hydrogen) atoms. The molecule has 0 amide bonds. The van der Waals surface area contributed by atoms with Crippen LogP contribution in [0, 0.1) is 0 Å². The van der Waals surface area contributed by atoms with E-state index in [0.717, 1.165) is 17.3 Å². The lowest BCUT2D eigenvalue weighted by atomic mass is 10.0. The van der Waals surface area contributed by atoms with Crippen LogP contribution >= 0.6 is 23.5 Å². The summed E-state index contributed by atoms with van der Waals surface area (Å²) in [7, 11) is 0. The molecule has 0 saturated heterocycles. The molecule has 0 N–H and O–H groups in total. The molecule has 4 rings (SSSR count). The van der Waals surface area contributed by atoms with E-state index in [-0.39, 0.29) is 0 Å². The van der Waals surface area contributed by atoms with Gasteiger partial charge in [-0.25, -0.2) is 0 Å². The molecule has 0 radical (unpaired) electrons. The van der Waals surface area contributed by atoms with Gasteiger partial charge in [0.2, 0.25) is 0 Å². The van der Waals surface area contributed by atoms with Gasteiger partial charge in [-0.2, -0.15) is 23.5 Å². The Morgan fingerprint density at radius 1 is 0.667 bits per heavy atom. The van der Waals surface area contributed by atoms with Crippen LogP contribution in [0.4, 0.5) is 0 Å². The van der Waals surface area contributed by atoms with Gasteiger partial charge in [0.05, 0.1) is 0 Å². The number of hydrogen-bond donors (Lipinski definition) is 0. The van der Waals surface area contributed by atoms with Gasteiger partial charge in [-0.1, -0.05) is 36.4 Å². The Kier molecular flexibility index (Phi) is 4.00. The molecular formula is C19H20S2. The van der Waals surface area contributed by atoms with Gasteiger partial charge >= 0.3 is 0 Å². The Balaban J connectivity index is 1.67. The highest BCUT2D eigenvalue weighted by atomic mass is 32.2. The summed E-state index contributed by atoms with van der Waals surface area (Å²) in [5.74, 6) is 4.62. The fourth-order valence-electron chi connectivity index (χ4n) is 3.47. The van der Waals surface area contributed by atoms with Crippen LogP contribution in [-0.2, 0) is 35.9 Å². The van der Waals surface area contributed by atoms with Crippen LogP contribution in [0.1, 0.15) is 39.8 Å². The lowest BCUT2D eigenvalue weighted by Gasteiger charge is -2.11. The highest BCUT2D eigenvalue weighted by Gasteiger charge is 2.17. The summed E-state index contributed by atoms with van der Waals surface area (Å²) < 4.78 is 0. The molecule has 1 heterocycles. The van der Waals surface area contributed by atoms with Gasteiger partial charge in [0.25, 0.3) is 0 Å². The van der Waals surface area contributed by atoms with E-state index in [4.69, 9.17) is 0 Å². The molecule has 2 heteroatoms. The molecular weight excluding hydrogens is 292 g/mol. The van der Waals surface area contributed by atoms with Crippen molar-refractivity contribution in [2.45, 2.75) is 42.3 Å². The van der Waals surface area contributed by atoms with Crippen LogP contribution in [0.3, 0.4) is 0 Å².